The highest BCUT2D eigenvalue weighted by atomic mass is 16.1. The van der Waals surface area contributed by atoms with Crippen molar-refractivity contribution in [1.82, 2.24) is 24.5 Å². The molecule has 0 fully saturated rings. The first-order valence-electron chi connectivity index (χ1n) is 5.73. The van der Waals surface area contributed by atoms with Crippen LogP contribution in [0.25, 0.3) is 17.1 Å². The van der Waals surface area contributed by atoms with E-state index in [1.807, 2.05) is 31.4 Å². The smallest absolute Gasteiger partial charge is 0.153 e. The van der Waals surface area contributed by atoms with Crippen molar-refractivity contribution in [3.8, 4) is 17.1 Å². The second kappa shape index (κ2) is 4.49. The minimum absolute atomic E-state index is 0.513. The standard InChI is InChI=1S/C13H11N5O/c1-17-7-10(6-15-17)13-11(9-19)8-18(16-13)12-4-2-3-5-14-12/h2-9H,1H3. The highest BCUT2D eigenvalue weighted by molar-refractivity contribution is 5.85. The van der Waals surface area contributed by atoms with Crippen molar-refractivity contribution in [3.05, 3.63) is 48.5 Å². The lowest BCUT2D eigenvalue weighted by Crippen LogP contribution is -1.96. The predicted molar refractivity (Wildman–Crippen MR) is 68.9 cm³/mol. The van der Waals surface area contributed by atoms with E-state index in [4.69, 9.17) is 0 Å². The van der Waals surface area contributed by atoms with Crippen LogP contribution in [0.5, 0.6) is 0 Å². The first kappa shape index (κ1) is 11.3. The zero-order chi connectivity index (χ0) is 13.2. The van der Waals surface area contributed by atoms with Gasteiger partial charge in [-0.1, -0.05) is 6.07 Å². The molecular weight excluding hydrogens is 242 g/mol. The van der Waals surface area contributed by atoms with Crippen molar-refractivity contribution < 1.29 is 4.79 Å². The summed E-state index contributed by atoms with van der Waals surface area (Å²) < 4.78 is 3.26. The van der Waals surface area contributed by atoms with Crippen LogP contribution < -0.4 is 0 Å². The van der Waals surface area contributed by atoms with Crippen molar-refractivity contribution in [1.29, 1.82) is 0 Å². The molecule has 0 aliphatic heterocycles. The van der Waals surface area contributed by atoms with Gasteiger partial charge in [-0.25, -0.2) is 9.67 Å². The van der Waals surface area contributed by atoms with Gasteiger partial charge in [0.2, 0.25) is 0 Å². The molecule has 0 atom stereocenters. The molecule has 94 valence electrons. The molecule has 3 aromatic rings. The van der Waals surface area contributed by atoms with Crippen LogP contribution in [0.1, 0.15) is 10.4 Å². The van der Waals surface area contributed by atoms with Crippen LogP contribution in [0.4, 0.5) is 0 Å². The first-order chi connectivity index (χ1) is 9.28. The molecule has 0 aromatic carbocycles. The summed E-state index contributed by atoms with van der Waals surface area (Å²) in [6.45, 7) is 0. The molecule has 3 aromatic heterocycles. The largest absolute Gasteiger partial charge is 0.298 e. The quantitative estimate of drug-likeness (QED) is 0.663. The van der Waals surface area contributed by atoms with E-state index >= 15 is 0 Å². The van der Waals surface area contributed by atoms with Gasteiger partial charge in [0.05, 0.1) is 11.8 Å². The molecule has 3 heterocycles. The van der Waals surface area contributed by atoms with E-state index in [0.29, 0.717) is 17.1 Å². The van der Waals surface area contributed by atoms with Crippen molar-refractivity contribution in [2.45, 2.75) is 0 Å². The molecule has 0 radical (unpaired) electrons. The minimum atomic E-state index is 0.513. The Kier molecular flexibility index (Phi) is 2.68. The Hall–Kier alpha value is -2.76. The molecule has 0 amide bonds. The summed E-state index contributed by atoms with van der Waals surface area (Å²) in [5.41, 5.74) is 1.92. The maximum absolute atomic E-state index is 11.2. The molecular formula is C13H11N5O. The molecule has 0 saturated carbocycles. The summed E-state index contributed by atoms with van der Waals surface area (Å²) in [6, 6.07) is 5.53. The van der Waals surface area contributed by atoms with E-state index in [9.17, 15) is 4.79 Å². The topological polar surface area (TPSA) is 65.6 Å². The number of aryl methyl sites for hydroxylation is 1. The molecule has 6 nitrogen and oxygen atoms in total. The zero-order valence-electron chi connectivity index (χ0n) is 10.3. The van der Waals surface area contributed by atoms with E-state index in [-0.39, 0.29) is 0 Å². The van der Waals surface area contributed by atoms with Gasteiger partial charge in [-0.3, -0.25) is 9.48 Å². The Morgan fingerprint density at radius 2 is 2.16 bits per heavy atom. The highest BCUT2D eigenvalue weighted by Gasteiger charge is 2.13. The summed E-state index contributed by atoms with van der Waals surface area (Å²) in [6.07, 6.45) is 7.63. The molecule has 3 rings (SSSR count). The number of carbonyl (C=O) groups excluding carboxylic acids is 1. The number of carbonyl (C=O) groups is 1. The predicted octanol–water partition coefficient (Wildman–Crippen LogP) is 1.48. The highest BCUT2D eigenvalue weighted by Crippen LogP contribution is 2.21. The van der Waals surface area contributed by atoms with Crippen molar-refractivity contribution in [3.63, 3.8) is 0 Å². The van der Waals surface area contributed by atoms with Gasteiger partial charge < -0.3 is 0 Å². The maximum atomic E-state index is 11.2. The average Bonchev–Trinajstić information content (AvgIpc) is 3.05. The maximum Gasteiger partial charge on any atom is 0.153 e. The monoisotopic (exact) mass is 253 g/mol. The van der Waals surface area contributed by atoms with E-state index in [2.05, 4.69) is 15.2 Å². The van der Waals surface area contributed by atoms with Crippen molar-refractivity contribution >= 4 is 6.29 Å². The number of aromatic nitrogens is 5. The molecule has 0 N–H and O–H groups in total. The van der Waals surface area contributed by atoms with E-state index in [1.165, 1.54) is 0 Å². The van der Waals surface area contributed by atoms with Crippen molar-refractivity contribution in [2.75, 3.05) is 0 Å². The van der Waals surface area contributed by atoms with Gasteiger partial charge in [0.25, 0.3) is 0 Å². The fraction of sp³-hybridized carbons (Fsp3) is 0.0769. The Morgan fingerprint density at radius 1 is 1.26 bits per heavy atom. The molecule has 6 heteroatoms. The molecule has 0 unspecified atom stereocenters. The summed E-state index contributed by atoms with van der Waals surface area (Å²) in [5.74, 6) is 0.667. The minimum Gasteiger partial charge on any atom is -0.298 e. The van der Waals surface area contributed by atoms with Gasteiger partial charge in [0, 0.05) is 31.2 Å². The van der Waals surface area contributed by atoms with Crippen LogP contribution in [0.3, 0.4) is 0 Å². The molecule has 0 saturated heterocycles. The van der Waals surface area contributed by atoms with Crippen LogP contribution in [0.15, 0.2) is 43.0 Å². The summed E-state index contributed by atoms with van der Waals surface area (Å²) in [7, 11) is 1.82. The number of hydrogen-bond acceptors (Lipinski definition) is 4. The third kappa shape index (κ3) is 2.03. The lowest BCUT2D eigenvalue weighted by Gasteiger charge is -1.97. The van der Waals surface area contributed by atoms with Gasteiger partial charge in [-0.05, 0) is 12.1 Å². The Morgan fingerprint density at radius 3 is 2.79 bits per heavy atom. The third-order valence-electron chi connectivity index (χ3n) is 2.73. The lowest BCUT2D eigenvalue weighted by atomic mass is 10.2. The Bertz CT molecular complexity index is 714. The molecule has 0 bridgehead atoms. The normalized spacial score (nSPS) is 10.6. The van der Waals surface area contributed by atoms with E-state index in [1.54, 1.807) is 28.0 Å². The number of rotatable bonds is 3. The third-order valence-corrected chi connectivity index (χ3v) is 2.73. The SMILES string of the molecule is Cn1cc(-c2nn(-c3ccccn3)cc2C=O)cn1. The van der Waals surface area contributed by atoms with Crippen LogP contribution in [0.2, 0.25) is 0 Å². The Balaban J connectivity index is 2.11. The summed E-state index contributed by atoms with van der Waals surface area (Å²) in [5, 5.41) is 8.49. The summed E-state index contributed by atoms with van der Waals surface area (Å²) in [4.78, 5) is 15.4. The van der Waals surface area contributed by atoms with Gasteiger partial charge in [-0.15, -0.1) is 0 Å². The molecule has 0 spiro atoms. The fourth-order valence-corrected chi connectivity index (χ4v) is 1.85. The molecule has 19 heavy (non-hydrogen) atoms. The average molecular weight is 253 g/mol. The van der Waals surface area contributed by atoms with Gasteiger partial charge in [0.15, 0.2) is 12.1 Å². The van der Waals surface area contributed by atoms with Crippen molar-refractivity contribution in [2.24, 2.45) is 7.05 Å². The Labute approximate surface area is 109 Å². The summed E-state index contributed by atoms with van der Waals surface area (Å²) >= 11 is 0. The van der Waals surface area contributed by atoms with Crippen LogP contribution in [0, 0.1) is 0 Å². The number of nitrogens with zero attached hydrogens (tertiary/aromatic N) is 5. The van der Waals surface area contributed by atoms with Crippen LogP contribution in [-0.4, -0.2) is 30.8 Å². The van der Waals surface area contributed by atoms with Crippen LogP contribution >= 0.6 is 0 Å². The second-order valence-electron chi connectivity index (χ2n) is 4.09. The van der Waals surface area contributed by atoms with Gasteiger partial charge >= 0.3 is 0 Å². The lowest BCUT2D eigenvalue weighted by molar-refractivity contribution is 0.112. The van der Waals surface area contributed by atoms with Crippen LogP contribution in [-0.2, 0) is 7.05 Å². The number of pyridine rings is 1. The van der Waals surface area contributed by atoms with Gasteiger partial charge in [0.1, 0.15) is 5.69 Å². The number of hydrogen-bond donors (Lipinski definition) is 0. The molecule has 0 aliphatic carbocycles. The first-order valence-corrected chi connectivity index (χ1v) is 5.73. The fourth-order valence-electron chi connectivity index (χ4n) is 1.85. The van der Waals surface area contributed by atoms with E-state index in [0.717, 1.165) is 11.8 Å². The zero-order valence-corrected chi connectivity index (χ0v) is 10.3. The number of aldehydes is 1. The molecule has 0 aliphatic rings. The second-order valence-corrected chi connectivity index (χ2v) is 4.09. The van der Waals surface area contributed by atoms with E-state index < -0.39 is 0 Å². The van der Waals surface area contributed by atoms with Gasteiger partial charge in [-0.2, -0.15) is 10.2 Å².